The van der Waals surface area contributed by atoms with Gasteiger partial charge in [-0.3, -0.25) is 10.2 Å². The van der Waals surface area contributed by atoms with Gasteiger partial charge in [0.1, 0.15) is 5.84 Å². The van der Waals surface area contributed by atoms with Crippen LogP contribution in [0.4, 0.5) is 5.69 Å². The van der Waals surface area contributed by atoms with Gasteiger partial charge in [0, 0.05) is 37.3 Å². The fraction of sp³-hybridized carbons (Fsp3) is 0.286. The van der Waals surface area contributed by atoms with Gasteiger partial charge >= 0.3 is 0 Å². The van der Waals surface area contributed by atoms with Crippen LogP contribution in [0, 0.1) is 10.8 Å². The van der Waals surface area contributed by atoms with Crippen LogP contribution in [-0.2, 0) is 0 Å². The fourth-order valence-electron chi connectivity index (χ4n) is 2.61. The summed E-state index contributed by atoms with van der Waals surface area (Å²) < 4.78 is 0. The van der Waals surface area contributed by atoms with Crippen molar-refractivity contribution in [1.82, 2.24) is 15.1 Å². The highest BCUT2D eigenvalue weighted by Gasteiger charge is 2.19. The number of anilines is 1. The summed E-state index contributed by atoms with van der Waals surface area (Å²) in [6, 6.07) is 5.52. The van der Waals surface area contributed by atoms with Gasteiger partial charge in [-0.25, -0.2) is 5.10 Å². The van der Waals surface area contributed by atoms with Gasteiger partial charge in [-0.05, 0) is 18.2 Å². The summed E-state index contributed by atoms with van der Waals surface area (Å²) in [6.45, 7) is 2.87. The van der Waals surface area contributed by atoms with Crippen molar-refractivity contribution in [3.63, 3.8) is 0 Å². The third-order valence-corrected chi connectivity index (χ3v) is 4.14. The second-order valence-electron chi connectivity index (χ2n) is 5.08. The molecule has 2 aromatic rings. The molecule has 22 heavy (non-hydrogen) atoms. The summed E-state index contributed by atoms with van der Waals surface area (Å²) in [5.41, 5.74) is 0.720. The topological polar surface area (TPSA) is 99.9 Å². The Morgan fingerprint density at radius 2 is 2.00 bits per heavy atom. The number of rotatable bonds is 2. The van der Waals surface area contributed by atoms with E-state index >= 15 is 0 Å². The lowest BCUT2D eigenvalue weighted by atomic mass is 10.1. The van der Waals surface area contributed by atoms with Crippen LogP contribution in [0.15, 0.2) is 23.0 Å². The third-order valence-electron chi connectivity index (χ3n) is 3.85. The summed E-state index contributed by atoms with van der Waals surface area (Å²) in [4.78, 5) is 15.8. The number of benzene rings is 1. The number of fused-ring (bicyclic) bond motifs is 1. The van der Waals surface area contributed by atoms with Crippen molar-refractivity contribution >= 4 is 40.1 Å². The Hall–Kier alpha value is -2.41. The van der Waals surface area contributed by atoms with E-state index in [2.05, 4.69) is 15.1 Å². The molecule has 0 atom stereocenters. The first-order valence-corrected chi connectivity index (χ1v) is 7.25. The molecule has 1 fully saturated rings. The number of halogens is 1. The second-order valence-corrected chi connectivity index (χ2v) is 5.44. The predicted octanol–water partition coefficient (Wildman–Crippen LogP) is 1.33. The molecule has 0 aliphatic carbocycles. The minimum Gasteiger partial charge on any atom is -0.368 e. The summed E-state index contributed by atoms with van der Waals surface area (Å²) in [7, 11) is 0. The van der Waals surface area contributed by atoms with Gasteiger partial charge in [0.15, 0.2) is 5.15 Å². The lowest BCUT2D eigenvalue weighted by Crippen LogP contribution is -2.48. The number of aromatic nitrogens is 2. The molecule has 1 aliphatic heterocycles. The summed E-state index contributed by atoms with van der Waals surface area (Å²) in [6.07, 6.45) is 1.06. The molecule has 114 valence electrons. The molecule has 1 aliphatic rings. The highest BCUT2D eigenvalue weighted by Crippen LogP contribution is 2.25. The quantitative estimate of drug-likeness (QED) is 0.574. The number of hydrogen-bond acceptors (Lipinski definition) is 5. The van der Waals surface area contributed by atoms with E-state index in [4.69, 9.17) is 22.4 Å². The van der Waals surface area contributed by atoms with Gasteiger partial charge in [0.25, 0.3) is 5.56 Å². The SMILES string of the molecule is N=CC(=N)N1CCN(c2ccc3c(=O)[nH]nc(Cl)c3c2)CC1. The predicted molar refractivity (Wildman–Crippen MR) is 87.7 cm³/mol. The van der Waals surface area contributed by atoms with Gasteiger partial charge in [0.05, 0.1) is 11.6 Å². The number of piperazine rings is 1. The average Bonchev–Trinajstić information content (AvgIpc) is 2.57. The van der Waals surface area contributed by atoms with E-state index < -0.39 is 0 Å². The first-order valence-electron chi connectivity index (χ1n) is 6.87. The van der Waals surface area contributed by atoms with E-state index in [0.29, 0.717) is 23.9 Å². The Morgan fingerprint density at radius 1 is 1.27 bits per heavy atom. The van der Waals surface area contributed by atoms with E-state index in [1.807, 2.05) is 17.0 Å². The number of hydrogen-bond donors (Lipinski definition) is 3. The lowest BCUT2D eigenvalue weighted by Gasteiger charge is -2.36. The van der Waals surface area contributed by atoms with E-state index in [0.717, 1.165) is 25.0 Å². The normalized spacial score (nSPS) is 15.1. The maximum Gasteiger partial charge on any atom is 0.272 e. The smallest absolute Gasteiger partial charge is 0.272 e. The van der Waals surface area contributed by atoms with Crippen molar-refractivity contribution in [3.05, 3.63) is 33.7 Å². The molecule has 1 saturated heterocycles. The number of amidine groups is 1. The van der Waals surface area contributed by atoms with Gasteiger partial charge in [-0.1, -0.05) is 11.6 Å². The molecule has 0 amide bonds. The van der Waals surface area contributed by atoms with Crippen molar-refractivity contribution in [1.29, 1.82) is 10.8 Å². The zero-order valence-electron chi connectivity index (χ0n) is 11.8. The monoisotopic (exact) mass is 318 g/mol. The zero-order chi connectivity index (χ0) is 15.7. The average molecular weight is 319 g/mol. The van der Waals surface area contributed by atoms with Gasteiger partial charge in [-0.15, -0.1) is 0 Å². The number of aromatic amines is 1. The van der Waals surface area contributed by atoms with Gasteiger partial charge in [-0.2, -0.15) is 5.10 Å². The highest BCUT2D eigenvalue weighted by atomic mass is 35.5. The highest BCUT2D eigenvalue weighted by molar-refractivity contribution is 6.34. The van der Waals surface area contributed by atoms with Crippen molar-refractivity contribution in [2.75, 3.05) is 31.1 Å². The molecular weight excluding hydrogens is 304 g/mol. The van der Waals surface area contributed by atoms with Crippen LogP contribution >= 0.6 is 11.6 Å². The Morgan fingerprint density at radius 3 is 2.68 bits per heavy atom. The van der Waals surface area contributed by atoms with Crippen LogP contribution < -0.4 is 10.5 Å². The van der Waals surface area contributed by atoms with Crippen LogP contribution in [0.1, 0.15) is 0 Å². The first kappa shape index (κ1) is 14.5. The molecular formula is C14H15ClN6O. The van der Waals surface area contributed by atoms with Crippen LogP contribution in [-0.4, -0.2) is 53.3 Å². The molecule has 0 bridgehead atoms. The van der Waals surface area contributed by atoms with Crippen molar-refractivity contribution < 1.29 is 0 Å². The molecule has 3 rings (SSSR count). The lowest BCUT2D eigenvalue weighted by molar-refractivity contribution is 0.388. The summed E-state index contributed by atoms with van der Waals surface area (Å²) in [5, 5.41) is 22.4. The zero-order valence-corrected chi connectivity index (χ0v) is 12.5. The molecule has 8 heteroatoms. The Labute approximate surface area is 131 Å². The number of nitrogens with one attached hydrogen (secondary N) is 3. The Kier molecular flexibility index (Phi) is 3.81. The van der Waals surface area contributed by atoms with E-state index in [1.54, 1.807) is 6.07 Å². The van der Waals surface area contributed by atoms with Crippen LogP contribution in [0.3, 0.4) is 0 Å². The van der Waals surface area contributed by atoms with Crippen LogP contribution in [0.25, 0.3) is 10.8 Å². The summed E-state index contributed by atoms with van der Waals surface area (Å²) in [5.74, 6) is 0.233. The van der Waals surface area contributed by atoms with Crippen LogP contribution in [0.5, 0.6) is 0 Å². The summed E-state index contributed by atoms with van der Waals surface area (Å²) >= 11 is 6.06. The van der Waals surface area contributed by atoms with Crippen molar-refractivity contribution in [3.8, 4) is 0 Å². The molecule has 7 nitrogen and oxygen atoms in total. The second kappa shape index (κ2) is 5.76. The maximum absolute atomic E-state index is 11.7. The maximum atomic E-state index is 11.7. The molecule has 0 saturated carbocycles. The molecule has 2 heterocycles. The standard InChI is InChI=1S/C14H15ClN6O/c15-13-11-7-9(1-2-10(11)14(22)19-18-13)20-3-5-21(6-4-20)12(17)8-16/h1-2,7-8,16-17H,3-6H2,(H,19,22). The molecule has 0 spiro atoms. The number of nitrogens with zero attached hydrogens (tertiary/aromatic N) is 3. The van der Waals surface area contributed by atoms with E-state index in [-0.39, 0.29) is 16.5 Å². The van der Waals surface area contributed by atoms with Gasteiger partial charge in [0.2, 0.25) is 0 Å². The molecule has 1 aromatic heterocycles. The molecule has 1 aromatic carbocycles. The minimum absolute atomic E-state index is 0.233. The number of H-pyrrole nitrogens is 1. The van der Waals surface area contributed by atoms with Crippen LogP contribution in [0.2, 0.25) is 5.15 Å². The molecule has 3 N–H and O–H groups in total. The molecule has 0 unspecified atom stereocenters. The van der Waals surface area contributed by atoms with Gasteiger partial charge < -0.3 is 15.2 Å². The van der Waals surface area contributed by atoms with Crippen molar-refractivity contribution in [2.45, 2.75) is 0 Å². The van der Waals surface area contributed by atoms with Crippen molar-refractivity contribution in [2.24, 2.45) is 0 Å². The van der Waals surface area contributed by atoms with E-state index in [9.17, 15) is 4.79 Å². The largest absolute Gasteiger partial charge is 0.368 e. The third kappa shape index (κ3) is 2.55. The fourth-order valence-corrected chi connectivity index (χ4v) is 2.81. The Balaban J connectivity index is 1.86. The Bertz CT molecular complexity index is 794. The van der Waals surface area contributed by atoms with E-state index in [1.165, 1.54) is 0 Å². The first-order chi connectivity index (χ1) is 10.6. The molecule has 0 radical (unpaired) electrons. The minimum atomic E-state index is -0.254.